The van der Waals surface area contributed by atoms with Crippen molar-refractivity contribution in [2.75, 3.05) is 25.6 Å². The number of anilines is 1. The van der Waals surface area contributed by atoms with Crippen LogP contribution in [0.5, 0.6) is 11.5 Å². The molecule has 0 saturated carbocycles. The summed E-state index contributed by atoms with van der Waals surface area (Å²) in [5.41, 5.74) is 0.258. The van der Waals surface area contributed by atoms with E-state index in [1.807, 2.05) is 0 Å². The molecular formula is C16H17N3O5. The number of non-ortho nitro benzene ring substituents is 1. The number of carbonyl (C=O) groups excluding carboxylic acids is 1. The predicted octanol–water partition coefficient (Wildman–Crippen LogP) is 2.80. The van der Waals surface area contributed by atoms with Gasteiger partial charge >= 0.3 is 6.03 Å². The lowest BCUT2D eigenvalue weighted by molar-refractivity contribution is -0.384. The van der Waals surface area contributed by atoms with Gasteiger partial charge in [-0.1, -0.05) is 6.07 Å². The van der Waals surface area contributed by atoms with E-state index < -0.39 is 11.0 Å². The molecule has 0 radical (unpaired) electrons. The highest BCUT2D eigenvalue weighted by Gasteiger charge is 2.07. The van der Waals surface area contributed by atoms with Crippen LogP contribution in [0.25, 0.3) is 0 Å². The first-order chi connectivity index (χ1) is 11.6. The molecule has 8 heteroatoms. The van der Waals surface area contributed by atoms with Crippen molar-refractivity contribution >= 4 is 17.4 Å². The summed E-state index contributed by atoms with van der Waals surface area (Å²) in [7, 11) is 1.58. The van der Waals surface area contributed by atoms with E-state index in [2.05, 4.69) is 10.6 Å². The number of hydrogen-bond acceptors (Lipinski definition) is 5. The monoisotopic (exact) mass is 331 g/mol. The normalized spacial score (nSPS) is 9.88. The van der Waals surface area contributed by atoms with Crippen LogP contribution in [0.1, 0.15) is 0 Å². The molecule has 0 bridgehead atoms. The van der Waals surface area contributed by atoms with E-state index in [0.717, 1.165) is 5.75 Å². The third kappa shape index (κ3) is 5.16. The predicted molar refractivity (Wildman–Crippen MR) is 88.6 cm³/mol. The number of methoxy groups -OCH3 is 1. The van der Waals surface area contributed by atoms with Crippen molar-refractivity contribution in [1.82, 2.24) is 5.32 Å². The number of urea groups is 1. The molecule has 0 unspecified atom stereocenters. The minimum absolute atomic E-state index is 0.0874. The summed E-state index contributed by atoms with van der Waals surface area (Å²) in [4.78, 5) is 21.9. The molecule has 0 saturated heterocycles. The molecule has 0 fully saturated rings. The molecule has 0 spiro atoms. The van der Waals surface area contributed by atoms with Gasteiger partial charge in [0, 0.05) is 17.8 Å². The van der Waals surface area contributed by atoms with Gasteiger partial charge in [0.1, 0.15) is 18.1 Å². The second kappa shape index (κ2) is 8.37. The van der Waals surface area contributed by atoms with Crippen molar-refractivity contribution in [3.8, 4) is 11.5 Å². The second-order valence-electron chi connectivity index (χ2n) is 4.71. The molecule has 8 nitrogen and oxygen atoms in total. The van der Waals surface area contributed by atoms with Gasteiger partial charge in [0.15, 0.2) is 0 Å². The van der Waals surface area contributed by atoms with Crippen molar-refractivity contribution in [3.05, 3.63) is 58.6 Å². The first kappa shape index (κ1) is 17.1. The van der Waals surface area contributed by atoms with Crippen molar-refractivity contribution in [2.24, 2.45) is 0 Å². The van der Waals surface area contributed by atoms with Crippen LogP contribution >= 0.6 is 0 Å². The molecule has 0 aromatic heterocycles. The summed E-state index contributed by atoms with van der Waals surface area (Å²) >= 11 is 0. The summed E-state index contributed by atoms with van der Waals surface area (Å²) in [6.45, 7) is 0.571. The maximum Gasteiger partial charge on any atom is 0.319 e. The zero-order valence-corrected chi connectivity index (χ0v) is 13.0. The van der Waals surface area contributed by atoms with E-state index in [1.165, 1.54) is 18.2 Å². The smallest absolute Gasteiger partial charge is 0.319 e. The molecule has 2 amide bonds. The van der Waals surface area contributed by atoms with Crippen molar-refractivity contribution in [2.45, 2.75) is 0 Å². The van der Waals surface area contributed by atoms with E-state index in [4.69, 9.17) is 9.47 Å². The highest BCUT2D eigenvalue weighted by Crippen LogP contribution is 2.17. The highest BCUT2D eigenvalue weighted by molar-refractivity contribution is 5.89. The van der Waals surface area contributed by atoms with Crippen molar-refractivity contribution in [3.63, 3.8) is 0 Å². The van der Waals surface area contributed by atoms with E-state index in [0.29, 0.717) is 11.4 Å². The molecule has 0 aliphatic rings. The molecule has 0 aliphatic heterocycles. The number of ether oxygens (including phenoxy) is 2. The SMILES string of the molecule is COc1ccc(OCCNC(=O)Nc2cccc([N+](=O)[O-])c2)cc1. The Morgan fingerprint density at radius 2 is 1.88 bits per heavy atom. The summed E-state index contributed by atoms with van der Waals surface area (Å²) in [5.74, 6) is 1.40. The lowest BCUT2D eigenvalue weighted by Crippen LogP contribution is -2.32. The van der Waals surface area contributed by atoms with Crippen LogP contribution in [-0.2, 0) is 0 Å². The van der Waals surface area contributed by atoms with Gasteiger partial charge < -0.3 is 20.1 Å². The summed E-state index contributed by atoms with van der Waals surface area (Å²) in [5, 5.41) is 15.8. The molecule has 126 valence electrons. The number of amides is 2. The maximum absolute atomic E-state index is 11.7. The number of nitrogens with one attached hydrogen (secondary N) is 2. The minimum Gasteiger partial charge on any atom is -0.497 e. The second-order valence-corrected chi connectivity index (χ2v) is 4.71. The van der Waals surface area contributed by atoms with Gasteiger partial charge in [-0.2, -0.15) is 0 Å². The minimum atomic E-state index is -0.522. The number of nitro benzene ring substituents is 1. The largest absolute Gasteiger partial charge is 0.497 e. The number of rotatable bonds is 7. The molecule has 24 heavy (non-hydrogen) atoms. The molecule has 0 atom stereocenters. The topological polar surface area (TPSA) is 103 Å². The van der Waals surface area contributed by atoms with Crippen LogP contribution < -0.4 is 20.1 Å². The number of nitro groups is 1. The number of nitrogens with zero attached hydrogens (tertiary/aromatic N) is 1. The zero-order chi connectivity index (χ0) is 17.4. The first-order valence-corrected chi connectivity index (χ1v) is 7.14. The highest BCUT2D eigenvalue weighted by atomic mass is 16.6. The van der Waals surface area contributed by atoms with Crippen LogP contribution in [0.3, 0.4) is 0 Å². The van der Waals surface area contributed by atoms with Crippen molar-refractivity contribution < 1.29 is 19.2 Å². The Hall–Kier alpha value is -3.29. The van der Waals surface area contributed by atoms with Crippen LogP contribution in [0.2, 0.25) is 0 Å². The van der Waals surface area contributed by atoms with Crippen LogP contribution in [0.15, 0.2) is 48.5 Å². The van der Waals surface area contributed by atoms with E-state index >= 15 is 0 Å². The third-order valence-electron chi connectivity index (χ3n) is 3.03. The van der Waals surface area contributed by atoms with E-state index in [1.54, 1.807) is 37.4 Å². The third-order valence-corrected chi connectivity index (χ3v) is 3.03. The van der Waals surface area contributed by atoms with Gasteiger partial charge in [-0.05, 0) is 30.3 Å². The first-order valence-electron chi connectivity index (χ1n) is 7.14. The van der Waals surface area contributed by atoms with Gasteiger partial charge in [0.05, 0.1) is 18.6 Å². The Kier molecular flexibility index (Phi) is 5.95. The molecule has 2 rings (SSSR count). The van der Waals surface area contributed by atoms with Crippen LogP contribution in [0, 0.1) is 10.1 Å². The fourth-order valence-corrected chi connectivity index (χ4v) is 1.88. The van der Waals surface area contributed by atoms with Gasteiger partial charge in [-0.15, -0.1) is 0 Å². The Morgan fingerprint density at radius 3 is 2.54 bits per heavy atom. The summed E-state index contributed by atoms with van der Waals surface area (Å²) in [6.07, 6.45) is 0. The molecule has 0 aliphatic carbocycles. The van der Waals surface area contributed by atoms with Crippen LogP contribution in [0.4, 0.5) is 16.2 Å². The number of benzene rings is 2. The molecule has 0 heterocycles. The van der Waals surface area contributed by atoms with Gasteiger partial charge in [0.2, 0.25) is 0 Å². The van der Waals surface area contributed by atoms with Crippen molar-refractivity contribution in [1.29, 1.82) is 0 Å². The Morgan fingerprint density at radius 1 is 1.17 bits per heavy atom. The summed E-state index contributed by atoms with van der Waals surface area (Å²) in [6, 6.07) is 12.3. The summed E-state index contributed by atoms with van der Waals surface area (Å²) < 4.78 is 10.5. The number of carbonyl (C=O) groups is 1. The van der Waals surface area contributed by atoms with E-state index in [9.17, 15) is 14.9 Å². The van der Waals surface area contributed by atoms with Gasteiger partial charge in [0.25, 0.3) is 5.69 Å². The Balaban J connectivity index is 1.73. The molecule has 2 aromatic carbocycles. The standard InChI is InChI=1S/C16H17N3O5/c1-23-14-5-7-15(8-6-14)24-10-9-17-16(20)18-12-3-2-4-13(11-12)19(21)22/h2-8,11H,9-10H2,1H3,(H2,17,18,20). The average Bonchev–Trinajstić information content (AvgIpc) is 2.59. The average molecular weight is 331 g/mol. The Labute approximate surface area is 138 Å². The zero-order valence-electron chi connectivity index (χ0n) is 13.0. The van der Waals surface area contributed by atoms with E-state index in [-0.39, 0.29) is 18.8 Å². The molecular weight excluding hydrogens is 314 g/mol. The lowest BCUT2D eigenvalue weighted by Gasteiger charge is -2.09. The van der Waals surface area contributed by atoms with Gasteiger partial charge in [-0.3, -0.25) is 10.1 Å². The molecule has 2 N–H and O–H groups in total. The van der Waals surface area contributed by atoms with Gasteiger partial charge in [-0.25, -0.2) is 4.79 Å². The Bertz CT molecular complexity index is 703. The lowest BCUT2D eigenvalue weighted by atomic mass is 10.3. The van der Waals surface area contributed by atoms with Crippen LogP contribution in [-0.4, -0.2) is 31.2 Å². The fourth-order valence-electron chi connectivity index (χ4n) is 1.88. The fraction of sp³-hybridized carbons (Fsp3) is 0.188. The molecule has 2 aromatic rings. The number of hydrogen-bond donors (Lipinski definition) is 2. The maximum atomic E-state index is 11.7. The quantitative estimate of drug-likeness (QED) is 0.461.